The molecule has 2 aromatic heterocycles. The summed E-state index contributed by atoms with van der Waals surface area (Å²) in [5, 5.41) is 7.87. The van der Waals surface area contributed by atoms with Gasteiger partial charge in [-0.1, -0.05) is 30.8 Å². The minimum atomic E-state index is -4.98. The number of nitrogen functional groups attached to an aromatic ring is 1. The fourth-order valence-electron chi connectivity index (χ4n) is 4.87. The van der Waals surface area contributed by atoms with Crippen LogP contribution in [0.5, 0.6) is 5.75 Å². The van der Waals surface area contributed by atoms with E-state index in [2.05, 4.69) is 26.6 Å². The number of hydrogen-bond acceptors (Lipinski definition) is 7. The summed E-state index contributed by atoms with van der Waals surface area (Å²) < 4.78 is 57.2. The van der Waals surface area contributed by atoms with Crippen LogP contribution in [0, 0.1) is 5.82 Å². The van der Waals surface area contributed by atoms with Gasteiger partial charge < -0.3 is 20.7 Å². The lowest BCUT2D eigenvalue weighted by Crippen LogP contribution is -2.40. The van der Waals surface area contributed by atoms with Crippen LogP contribution in [0.25, 0.3) is 22.3 Å². The lowest BCUT2D eigenvalue weighted by molar-refractivity contribution is -0.274. The number of halogens is 4. The molecule has 5 rings (SSSR count). The van der Waals surface area contributed by atoms with E-state index in [4.69, 9.17) is 10.8 Å². The highest BCUT2D eigenvalue weighted by Crippen LogP contribution is 2.34. The number of nitrogens with one attached hydrogen (secondary N) is 1. The number of piperidine rings is 1. The quantitative estimate of drug-likeness (QED) is 0.244. The summed E-state index contributed by atoms with van der Waals surface area (Å²) >= 11 is 0. The van der Waals surface area contributed by atoms with Crippen molar-refractivity contribution in [2.24, 2.45) is 0 Å². The van der Waals surface area contributed by atoms with Crippen molar-refractivity contribution in [3.8, 4) is 17.0 Å². The number of carbonyl (C=O) groups is 2. The Kier molecular flexibility index (Phi) is 7.79. The molecular formula is C28H25F4N7O3. The number of alkyl halides is 3. The molecule has 10 nitrogen and oxygen atoms in total. The third kappa shape index (κ3) is 6.01. The van der Waals surface area contributed by atoms with Crippen molar-refractivity contribution >= 4 is 28.7 Å². The lowest BCUT2D eigenvalue weighted by atomic mass is 10.1. The largest absolute Gasteiger partial charge is 0.573 e. The van der Waals surface area contributed by atoms with Gasteiger partial charge in [0, 0.05) is 25.2 Å². The molecule has 1 aliphatic heterocycles. The van der Waals surface area contributed by atoms with E-state index in [1.807, 2.05) is 0 Å². The summed E-state index contributed by atoms with van der Waals surface area (Å²) in [6, 6.07) is 9.00. The summed E-state index contributed by atoms with van der Waals surface area (Å²) in [5.74, 6) is -2.52. The van der Waals surface area contributed by atoms with Gasteiger partial charge >= 0.3 is 6.36 Å². The van der Waals surface area contributed by atoms with Gasteiger partial charge in [0.25, 0.3) is 5.91 Å². The second kappa shape index (κ2) is 11.5. The van der Waals surface area contributed by atoms with Crippen molar-refractivity contribution in [2.75, 3.05) is 18.8 Å². The maximum atomic E-state index is 14.1. The highest BCUT2D eigenvalue weighted by Gasteiger charge is 2.32. The molecule has 1 saturated heterocycles. The molecule has 218 valence electrons. The number of carbonyl (C=O) groups excluding carboxylic acids is 2. The number of anilines is 1. The number of aromatic nitrogens is 4. The third-order valence-corrected chi connectivity index (χ3v) is 6.84. The number of rotatable bonds is 7. The molecule has 0 saturated carbocycles. The monoisotopic (exact) mass is 583 g/mol. The van der Waals surface area contributed by atoms with Crippen molar-refractivity contribution < 1.29 is 31.9 Å². The van der Waals surface area contributed by atoms with Crippen LogP contribution in [0.3, 0.4) is 0 Å². The first-order chi connectivity index (χ1) is 20.0. The number of fused-ring (bicyclic) bond motifs is 1. The highest BCUT2D eigenvalue weighted by molar-refractivity contribution is 5.98. The summed E-state index contributed by atoms with van der Waals surface area (Å²) in [7, 11) is 0. The molecule has 14 heteroatoms. The first-order valence-corrected chi connectivity index (χ1v) is 12.9. The number of benzene rings is 2. The van der Waals surface area contributed by atoms with Crippen LogP contribution in [0.4, 0.5) is 23.4 Å². The van der Waals surface area contributed by atoms with Crippen LogP contribution in [-0.4, -0.2) is 55.9 Å². The summed E-state index contributed by atoms with van der Waals surface area (Å²) in [6.07, 6.45) is -0.771. The zero-order chi connectivity index (χ0) is 30.0. The number of amides is 2. The molecule has 0 radical (unpaired) electrons. The van der Waals surface area contributed by atoms with Gasteiger partial charge in [-0.05, 0) is 42.7 Å². The molecule has 2 amide bonds. The summed E-state index contributed by atoms with van der Waals surface area (Å²) in [5.41, 5.74) is 8.03. The molecule has 4 aromatic rings. The lowest BCUT2D eigenvalue weighted by Gasteiger charge is -2.32. The predicted octanol–water partition coefficient (Wildman–Crippen LogP) is 4.39. The van der Waals surface area contributed by atoms with E-state index < -0.39 is 29.4 Å². The molecule has 3 heterocycles. The van der Waals surface area contributed by atoms with Gasteiger partial charge in [0.05, 0.1) is 17.0 Å². The maximum Gasteiger partial charge on any atom is 0.573 e. The molecule has 0 unspecified atom stereocenters. The van der Waals surface area contributed by atoms with Gasteiger partial charge in [-0.15, -0.1) is 13.2 Å². The Morgan fingerprint density at radius 2 is 1.93 bits per heavy atom. The van der Waals surface area contributed by atoms with Crippen molar-refractivity contribution in [2.45, 2.75) is 31.8 Å². The van der Waals surface area contributed by atoms with E-state index in [-0.39, 0.29) is 24.3 Å². The average Bonchev–Trinajstić information content (AvgIpc) is 3.37. The Hall–Kier alpha value is -5.01. The number of nitrogens with zero attached hydrogens (tertiary/aromatic N) is 5. The predicted molar refractivity (Wildman–Crippen MR) is 144 cm³/mol. The number of nitrogens with two attached hydrogens (primary N) is 1. The standard InChI is InChI=1S/C28H25F4N7O3/c1-2-22(40)38-11-3-4-18(14-38)39-26-23(25(33)35-15-36-26)24(37-39)17-7-5-16(6-8-17)13-34-27(41)20-12-19(9-10-21(20)29)42-28(30,31)32/h2,5-10,12,15,18H,1,3-4,11,13-14H2,(H,34,41)(H2,33,35,36)/t18-/m1/s1. The van der Waals surface area contributed by atoms with Crippen molar-refractivity contribution in [3.05, 3.63) is 78.4 Å². The second-order valence-electron chi connectivity index (χ2n) is 9.60. The van der Waals surface area contributed by atoms with Gasteiger partial charge in [-0.3, -0.25) is 9.59 Å². The first-order valence-electron chi connectivity index (χ1n) is 12.9. The van der Waals surface area contributed by atoms with E-state index in [9.17, 15) is 27.2 Å². The van der Waals surface area contributed by atoms with E-state index in [0.29, 0.717) is 47.0 Å². The Morgan fingerprint density at radius 1 is 1.17 bits per heavy atom. The molecule has 0 aliphatic carbocycles. The van der Waals surface area contributed by atoms with Crippen LogP contribution in [0.15, 0.2) is 61.4 Å². The normalized spacial score (nSPS) is 15.4. The second-order valence-corrected chi connectivity index (χ2v) is 9.60. The van der Waals surface area contributed by atoms with Crippen LogP contribution < -0.4 is 15.8 Å². The van der Waals surface area contributed by atoms with Gasteiger partial charge in [-0.2, -0.15) is 5.10 Å². The average molecular weight is 584 g/mol. The van der Waals surface area contributed by atoms with E-state index in [0.717, 1.165) is 25.0 Å². The third-order valence-electron chi connectivity index (χ3n) is 6.84. The smallest absolute Gasteiger partial charge is 0.406 e. The topological polar surface area (TPSA) is 128 Å². The van der Waals surface area contributed by atoms with E-state index >= 15 is 0 Å². The van der Waals surface area contributed by atoms with Gasteiger partial charge in [0.15, 0.2) is 5.65 Å². The number of ether oxygens (including phenoxy) is 1. The number of likely N-dealkylation sites (tertiary alicyclic amines) is 1. The Balaban J connectivity index is 1.35. The fraction of sp³-hybridized carbons (Fsp3) is 0.250. The van der Waals surface area contributed by atoms with Gasteiger partial charge in [0.2, 0.25) is 5.91 Å². The number of hydrogen-bond donors (Lipinski definition) is 2. The minimum Gasteiger partial charge on any atom is -0.406 e. The Labute approximate surface area is 236 Å². The zero-order valence-corrected chi connectivity index (χ0v) is 22.1. The van der Waals surface area contributed by atoms with Crippen molar-refractivity contribution in [1.29, 1.82) is 0 Å². The first kappa shape index (κ1) is 28.5. The molecule has 0 bridgehead atoms. The summed E-state index contributed by atoms with van der Waals surface area (Å²) in [6.45, 7) is 4.61. The molecule has 1 fully saturated rings. The minimum absolute atomic E-state index is 0.0292. The Bertz CT molecular complexity index is 1650. The Morgan fingerprint density at radius 3 is 2.64 bits per heavy atom. The van der Waals surface area contributed by atoms with Crippen molar-refractivity contribution in [3.63, 3.8) is 0 Å². The molecule has 3 N–H and O–H groups in total. The molecule has 2 aromatic carbocycles. The molecule has 42 heavy (non-hydrogen) atoms. The van der Waals surface area contributed by atoms with Gasteiger partial charge in [-0.25, -0.2) is 19.0 Å². The zero-order valence-electron chi connectivity index (χ0n) is 22.1. The maximum absolute atomic E-state index is 14.1. The molecular weight excluding hydrogens is 558 g/mol. The van der Waals surface area contributed by atoms with E-state index in [1.54, 1.807) is 33.8 Å². The van der Waals surface area contributed by atoms with Crippen LogP contribution >= 0.6 is 0 Å². The molecule has 1 aliphatic rings. The summed E-state index contributed by atoms with van der Waals surface area (Å²) in [4.78, 5) is 35.0. The molecule has 0 spiro atoms. The SMILES string of the molecule is C=CC(=O)N1CCC[C@@H](n2nc(-c3ccc(CNC(=O)c4cc(OC(F)(F)F)ccc4F)cc3)c3c(N)ncnc32)C1. The van der Waals surface area contributed by atoms with Crippen molar-refractivity contribution in [1.82, 2.24) is 30.0 Å². The van der Waals surface area contributed by atoms with Crippen LogP contribution in [0.2, 0.25) is 0 Å². The highest BCUT2D eigenvalue weighted by atomic mass is 19.4. The molecule has 1 atom stereocenters. The van der Waals surface area contributed by atoms with Crippen LogP contribution in [0.1, 0.15) is 34.8 Å². The van der Waals surface area contributed by atoms with E-state index in [1.165, 1.54) is 12.4 Å². The van der Waals surface area contributed by atoms with Gasteiger partial charge in [0.1, 0.15) is 29.4 Å². The fourth-order valence-corrected chi connectivity index (χ4v) is 4.87. The van der Waals surface area contributed by atoms with Crippen LogP contribution in [-0.2, 0) is 11.3 Å².